The van der Waals surface area contributed by atoms with Crippen molar-refractivity contribution >= 4 is 29.1 Å². The highest BCUT2D eigenvalue weighted by Crippen LogP contribution is 2.36. The zero-order valence-electron chi connectivity index (χ0n) is 18.1. The molecule has 5 rings (SSSR count). The van der Waals surface area contributed by atoms with Gasteiger partial charge in [-0.1, -0.05) is 25.6 Å². The predicted molar refractivity (Wildman–Crippen MR) is 134 cm³/mol. The number of benzene rings is 1. The van der Waals surface area contributed by atoms with Crippen LogP contribution in [-0.4, -0.2) is 45.7 Å². The van der Waals surface area contributed by atoms with Crippen LogP contribution in [0.15, 0.2) is 55.0 Å². The van der Waals surface area contributed by atoms with Crippen LogP contribution in [0.3, 0.4) is 0 Å². The van der Waals surface area contributed by atoms with Crippen molar-refractivity contribution in [2.45, 2.75) is 26.3 Å². The van der Waals surface area contributed by atoms with Crippen molar-refractivity contribution in [1.29, 1.82) is 5.41 Å². The zero-order chi connectivity index (χ0) is 22.8. The summed E-state index contributed by atoms with van der Waals surface area (Å²) in [6, 6.07) is 12.5. The second-order valence-corrected chi connectivity index (χ2v) is 8.60. The summed E-state index contributed by atoms with van der Waals surface area (Å²) < 4.78 is 0. The Kier molecular flexibility index (Phi) is 6.83. The lowest BCUT2D eigenvalue weighted by Crippen LogP contribution is -2.23. The fraction of sp³-hybridized carbons (Fsp3) is 0.320. The third-order valence-corrected chi connectivity index (χ3v) is 6.46. The van der Waals surface area contributed by atoms with Crippen LogP contribution in [0.1, 0.15) is 41.8 Å². The molecule has 1 aliphatic heterocycles. The maximum Gasteiger partial charge on any atom is 0.256 e. The van der Waals surface area contributed by atoms with Crippen molar-refractivity contribution in [2.75, 3.05) is 29.5 Å². The molecule has 9 nitrogen and oxygen atoms in total. The maximum atomic E-state index is 12.5. The number of amides is 1. The van der Waals surface area contributed by atoms with Gasteiger partial charge in [-0.15, -0.1) is 0 Å². The van der Waals surface area contributed by atoms with E-state index in [2.05, 4.69) is 30.9 Å². The Balaban J connectivity index is 0.00000274. The number of carbonyl (C=O) groups excluding carboxylic acids is 1. The highest BCUT2D eigenvalue weighted by molar-refractivity contribution is 6.16. The van der Waals surface area contributed by atoms with Crippen LogP contribution in [0.2, 0.25) is 0 Å². The molecule has 9 heteroatoms. The Morgan fingerprint density at radius 3 is 2.38 bits per heavy atom. The van der Waals surface area contributed by atoms with E-state index in [0.29, 0.717) is 46.2 Å². The molecule has 2 atom stereocenters. The highest BCUT2D eigenvalue weighted by atomic mass is 16.1. The number of pyridine rings is 1. The monoisotopic (exact) mass is 458 g/mol. The summed E-state index contributed by atoms with van der Waals surface area (Å²) in [5.41, 5.74) is 7.97. The van der Waals surface area contributed by atoms with Gasteiger partial charge in [-0.25, -0.2) is 15.0 Å². The van der Waals surface area contributed by atoms with E-state index in [-0.39, 0.29) is 24.9 Å². The Hall–Kier alpha value is -3.85. The molecule has 6 N–H and O–H groups in total. The fourth-order valence-electron chi connectivity index (χ4n) is 4.79. The van der Waals surface area contributed by atoms with E-state index < -0.39 is 0 Å². The van der Waals surface area contributed by atoms with E-state index >= 15 is 0 Å². The van der Waals surface area contributed by atoms with Gasteiger partial charge in [0.1, 0.15) is 23.8 Å². The molecule has 2 aromatic heterocycles. The number of carbonyl (C=O) groups is 1. The van der Waals surface area contributed by atoms with Gasteiger partial charge in [0.25, 0.3) is 5.91 Å². The number of nitrogens with two attached hydrogens (primary N) is 1. The van der Waals surface area contributed by atoms with Crippen LogP contribution in [-0.2, 0) is 0 Å². The molecule has 3 aromatic rings. The molecular weight excluding hydrogens is 428 g/mol. The third-order valence-electron chi connectivity index (χ3n) is 6.46. The van der Waals surface area contributed by atoms with Gasteiger partial charge in [0.2, 0.25) is 0 Å². The largest absolute Gasteiger partial charge is 0.383 e. The molecule has 0 spiro atoms. The number of hydrogen-bond donors (Lipinski definition) is 5. The van der Waals surface area contributed by atoms with E-state index in [1.807, 2.05) is 0 Å². The first-order valence-corrected chi connectivity index (χ1v) is 11.1. The zero-order valence-corrected chi connectivity index (χ0v) is 18.1. The number of nitrogens with zero attached hydrogens (tertiary/aromatic N) is 3. The van der Waals surface area contributed by atoms with Gasteiger partial charge in [0.05, 0.1) is 11.3 Å². The van der Waals surface area contributed by atoms with Crippen LogP contribution < -0.4 is 21.7 Å². The molecule has 1 saturated heterocycles. The number of aromatic nitrogens is 3. The van der Waals surface area contributed by atoms with E-state index in [0.717, 1.165) is 25.9 Å². The minimum absolute atomic E-state index is 0. The van der Waals surface area contributed by atoms with E-state index in [9.17, 15) is 4.79 Å². The van der Waals surface area contributed by atoms with Crippen molar-refractivity contribution in [3.05, 3.63) is 71.7 Å². The Labute approximate surface area is 199 Å². The first kappa shape index (κ1) is 23.3. The second kappa shape index (κ2) is 9.96. The Bertz CT molecular complexity index is 1150. The van der Waals surface area contributed by atoms with Crippen molar-refractivity contribution in [1.82, 2.24) is 20.3 Å². The number of anilines is 3. The number of nitrogens with one attached hydrogen (secondary N) is 4. The predicted octanol–water partition coefficient (Wildman–Crippen LogP) is 3.17. The molecule has 2 unspecified atom stereocenters. The summed E-state index contributed by atoms with van der Waals surface area (Å²) in [4.78, 5) is 25.1. The molecule has 2 fully saturated rings. The SMILES string of the molecule is C.N=C(c1ccc(C(=O)Nc2ccccn2)cc1)c1c(N)ncnc1NC1CC2CNCC2C1. The van der Waals surface area contributed by atoms with Crippen LogP contribution in [0.5, 0.6) is 0 Å². The van der Waals surface area contributed by atoms with Crippen LogP contribution >= 0.6 is 0 Å². The minimum atomic E-state index is -0.266. The average Bonchev–Trinajstić information content (AvgIpc) is 3.41. The van der Waals surface area contributed by atoms with Gasteiger partial charge >= 0.3 is 0 Å². The number of hydrogen-bond acceptors (Lipinski definition) is 8. The molecule has 1 aromatic carbocycles. The lowest BCUT2D eigenvalue weighted by atomic mass is 10.0. The molecule has 176 valence electrons. The van der Waals surface area contributed by atoms with E-state index in [4.69, 9.17) is 11.1 Å². The molecule has 1 aliphatic carbocycles. The number of fused-ring (bicyclic) bond motifs is 1. The van der Waals surface area contributed by atoms with Gasteiger partial charge in [-0.05, 0) is 62.0 Å². The van der Waals surface area contributed by atoms with Gasteiger partial charge in [0.15, 0.2) is 0 Å². The van der Waals surface area contributed by atoms with Crippen LogP contribution in [0.25, 0.3) is 0 Å². The molecule has 34 heavy (non-hydrogen) atoms. The summed E-state index contributed by atoms with van der Waals surface area (Å²) in [6.07, 6.45) is 5.20. The third kappa shape index (κ3) is 4.74. The number of rotatable bonds is 6. The standard InChI is InChI=1S/C24H26N8O.CH4/c25-21(14-4-6-15(7-5-14)24(33)32-19-3-1-2-8-28-19)20-22(26)29-13-30-23(20)31-18-9-16-11-27-12-17(16)10-18;/h1-8,13,16-18,25,27H,9-12H2,(H,28,32,33)(H3,26,29,30,31);1H4. The summed E-state index contributed by atoms with van der Waals surface area (Å²) in [5, 5.41) is 18.5. The van der Waals surface area contributed by atoms with Gasteiger partial charge in [-0.3, -0.25) is 10.2 Å². The summed E-state index contributed by atoms with van der Waals surface area (Å²) >= 11 is 0. The van der Waals surface area contributed by atoms with Gasteiger partial charge in [0, 0.05) is 23.4 Å². The number of nitrogen functional groups attached to an aromatic ring is 1. The summed E-state index contributed by atoms with van der Waals surface area (Å²) in [6.45, 7) is 2.13. The first-order chi connectivity index (χ1) is 16.1. The van der Waals surface area contributed by atoms with E-state index in [1.54, 1.807) is 48.7 Å². The lowest BCUT2D eigenvalue weighted by Gasteiger charge is -2.18. The second-order valence-electron chi connectivity index (χ2n) is 8.60. The quantitative estimate of drug-likeness (QED) is 0.357. The van der Waals surface area contributed by atoms with Crippen molar-refractivity contribution in [2.24, 2.45) is 11.8 Å². The summed E-state index contributed by atoms with van der Waals surface area (Å²) in [5.74, 6) is 2.44. The molecule has 1 saturated carbocycles. The molecular formula is C25H30N8O. The topological polar surface area (TPSA) is 142 Å². The average molecular weight is 459 g/mol. The van der Waals surface area contributed by atoms with Crippen molar-refractivity contribution < 1.29 is 4.79 Å². The van der Waals surface area contributed by atoms with E-state index in [1.165, 1.54) is 6.33 Å². The molecule has 0 radical (unpaired) electrons. The molecule has 3 heterocycles. The van der Waals surface area contributed by atoms with Gasteiger partial charge in [-0.2, -0.15) is 0 Å². The fourth-order valence-corrected chi connectivity index (χ4v) is 4.79. The normalized spacial score (nSPS) is 20.8. The van der Waals surface area contributed by atoms with Crippen LogP contribution in [0.4, 0.5) is 17.5 Å². The van der Waals surface area contributed by atoms with Crippen molar-refractivity contribution in [3.63, 3.8) is 0 Å². The first-order valence-electron chi connectivity index (χ1n) is 11.1. The Morgan fingerprint density at radius 1 is 1.00 bits per heavy atom. The summed E-state index contributed by atoms with van der Waals surface area (Å²) in [7, 11) is 0. The van der Waals surface area contributed by atoms with Crippen molar-refractivity contribution in [3.8, 4) is 0 Å². The smallest absolute Gasteiger partial charge is 0.256 e. The molecule has 2 aliphatic rings. The maximum absolute atomic E-state index is 12.5. The lowest BCUT2D eigenvalue weighted by molar-refractivity contribution is 0.102. The minimum Gasteiger partial charge on any atom is -0.383 e. The Morgan fingerprint density at radius 2 is 1.71 bits per heavy atom. The van der Waals surface area contributed by atoms with Crippen LogP contribution in [0, 0.1) is 17.2 Å². The van der Waals surface area contributed by atoms with Gasteiger partial charge < -0.3 is 21.7 Å². The molecule has 1 amide bonds. The molecule has 0 bridgehead atoms. The highest BCUT2D eigenvalue weighted by Gasteiger charge is 2.37.